The summed E-state index contributed by atoms with van der Waals surface area (Å²) in [6.45, 7) is 3.76. The highest BCUT2D eigenvalue weighted by Gasteiger charge is 2.44. The number of hydrogen-bond donors (Lipinski definition) is 1. The number of methoxy groups -OCH3 is 2. The summed E-state index contributed by atoms with van der Waals surface area (Å²) in [6.07, 6.45) is 0.618. The molecule has 3 amide bonds. The van der Waals surface area contributed by atoms with E-state index in [1.54, 1.807) is 42.5 Å². The first kappa shape index (κ1) is 20.4. The first-order valence-corrected chi connectivity index (χ1v) is 9.42. The normalized spacial score (nSPS) is 15.0. The van der Waals surface area contributed by atoms with Gasteiger partial charge < -0.3 is 14.8 Å². The van der Waals surface area contributed by atoms with Gasteiger partial charge in [-0.15, -0.1) is 0 Å². The van der Waals surface area contributed by atoms with Gasteiger partial charge in [0.25, 0.3) is 11.8 Å². The predicted octanol–water partition coefficient (Wildman–Crippen LogP) is 3.35. The molecule has 1 N–H and O–H groups in total. The van der Waals surface area contributed by atoms with E-state index in [9.17, 15) is 14.4 Å². The molecule has 0 bridgehead atoms. The van der Waals surface area contributed by atoms with Crippen molar-refractivity contribution < 1.29 is 23.9 Å². The largest absolute Gasteiger partial charge is 0.497 e. The zero-order valence-corrected chi connectivity index (χ0v) is 16.9. The van der Waals surface area contributed by atoms with Crippen LogP contribution in [0.1, 0.15) is 41.0 Å². The monoisotopic (exact) mass is 396 g/mol. The standard InChI is InChI=1S/C22H24N2O5/c1-5-13(2)19(24-21(26)17-8-6-7-9-18(17)22(24)27)20(25)23-14-10-15(28-3)12-16(11-14)29-4/h6-13,19H,5H2,1-4H3,(H,23,25)/t13-,19-/m0/s1. The molecule has 0 saturated heterocycles. The van der Waals surface area contributed by atoms with Gasteiger partial charge in [0.1, 0.15) is 17.5 Å². The Balaban J connectivity index is 1.93. The van der Waals surface area contributed by atoms with Crippen LogP contribution >= 0.6 is 0 Å². The van der Waals surface area contributed by atoms with Crippen molar-refractivity contribution in [2.75, 3.05) is 19.5 Å². The molecule has 0 fully saturated rings. The highest BCUT2D eigenvalue weighted by Crippen LogP contribution is 2.30. The smallest absolute Gasteiger partial charge is 0.262 e. The van der Waals surface area contributed by atoms with Crippen molar-refractivity contribution >= 4 is 23.4 Å². The number of carbonyl (C=O) groups is 3. The fraction of sp³-hybridized carbons (Fsp3) is 0.318. The minimum Gasteiger partial charge on any atom is -0.497 e. The van der Waals surface area contributed by atoms with Gasteiger partial charge in [0.2, 0.25) is 5.91 Å². The van der Waals surface area contributed by atoms with E-state index >= 15 is 0 Å². The lowest BCUT2D eigenvalue weighted by Gasteiger charge is -2.29. The maximum Gasteiger partial charge on any atom is 0.262 e. The SMILES string of the molecule is CC[C@H](C)[C@@H](C(=O)Nc1cc(OC)cc(OC)c1)N1C(=O)c2ccccc2C1=O. The summed E-state index contributed by atoms with van der Waals surface area (Å²) in [4.78, 5) is 40.1. The summed E-state index contributed by atoms with van der Waals surface area (Å²) in [7, 11) is 3.03. The topological polar surface area (TPSA) is 84.9 Å². The number of carbonyl (C=O) groups excluding carboxylic acids is 3. The Morgan fingerprint density at radius 1 is 1.00 bits per heavy atom. The lowest BCUT2D eigenvalue weighted by Crippen LogP contribution is -2.50. The first-order valence-electron chi connectivity index (χ1n) is 9.42. The zero-order chi connectivity index (χ0) is 21.1. The fourth-order valence-electron chi connectivity index (χ4n) is 3.41. The summed E-state index contributed by atoms with van der Waals surface area (Å²) >= 11 is 0. The van der Waals surface area contributed by atoms with Crippen LogP contribution < -0.4 is 14.8 Å². The number of nitrogens with one attached hydrogen (secondary N) is 1. The molecule has 1 heterocycles. The van der Waals surface area contributed by atoms with Crippen LogP contribution in [0.5, 0.6) is 11.5 Å². The molecule has 0 saturated carbocycles. The van der Waals surface area contributed by atoms with Crippen molar-refractivity contribution in [3.63, 3.8) is 0 Å². The molecule has 0 spiro atoms. The van der Waals surface area contributed by atoms with E-state index in [2.05, 4.69) is 5.32 Å². The number of hydrogen-bond acceptors (Lipinski definition) is 5. The van der Waals surface area contributed by atoms with Crippen molar-refractivity contribution in [1.82, 2.24) is 4.90 Å². The van der Waals surface area contributed by atoms with E-state index < -0.39 is 23.8 Å². The summed E-state index contributed by atoms with van der Waals surface area (Å²) in [6, 6.07) is 10.7. The number of fused-ring (bicyclic) bond motifs is 1. The third kappa shape index (κ3) is 3.81. The van der Waals surface area contributed by atoms with Crippen LogP contribution in [0.15, 0.2) is 42.5 Å². The predicted molar refractivity (Wildman–Crippen MR) is 108 cm³/mol. The van der Waals surface area contributed by atoms with Crippen LogP contribution in [0, 0.1) is 5.92 Å². The fourth-order valence-corrected chi connectivity index (χ4v) is 3.41. The van der Waals surface area contributed by atoms with Crippen molar-refractivity contribution in [3.05, 3.63) is 53.6 Å². The molecule has 0 radical (unpaired) electrons. The van der Waals surface area contributed by atoms with E-state index in [1.165, 1.54) is 14.2 Å². The van der Waals surface area contributed by atoms with Crippen LogP contribution in [-0.4, -0.2) is 42.9 Å². The highest BCUT2D eigenvalue weighted by molar-refractivity contribution is 6.23. The number of imide groups is 1. The van der Waals surface area contributed by atoms with Gasteiger partial charge in [0.05, 0.1) is 25.3 Å². The highest BCUT2D eigenvalue weighted by atomic mass is 16.5. The molecule has 29 heavy (non-hydrogen) atoms. The summed E-state index contributed by atoms with van der Waals surface area (Å²) < 4.78 is 10.5. The molecule has 152 valence electrons. The van der Waals surface area contributed by atoms with Crippen molar-refractivity contribution in [2.24, 2.45) is 5.92 Å². The molecule has 7 heteroatoms. The van der Waals surface area contributed by atoms with Crippen LogP contribution in [-0.2, 0) is 4.79 Å². The molecule has 1 aliphatic rings. The number of ether oxygens (including phenoxy) is 2. The van der Waals surface area contributed by atoms with Crippen LogP contribution in [0.2, 0.25) is 0 Å². The number of rotatable bonds is 7. The third-order valence-corrected chi connectivity index (χ3v) is 5.17. The summed E-state index contributed by atoms with van der Waals surface area (Å²) in [5.74, 6) is -0.543. The Labute approximate surface area is 169 Å². The molecule has 0 aromatic heterocycles. The molecule has 0 unspecified atom stereocenters. The van der Waals surface area contributed by atoms with E-state index in [0.29, 0.717) is 34.7 Å². The zero-order valence-electron chi connectivity index (χ0n) is 16.9. The van der Waals surface area contributed by atoms with Gasteiger partial charge in [-0.2, -0.15) is 0 Å². The van der Waals surface area contributed by atoms with E-state index in [1.807, 2.05) is 13.8 Å². The van der Waals surface area contributed by atoms with Crippen LogP contribution in [0.3, 0.4) is 0 Å². The maximum absolute atomic E-state index is 13.2. The second-order valence-electron chi connectivity index (χ2n) is 6.95. The molecule has 0 aliphatic carbocycles. The molecule has 2 aromatic carbocycles. The average Bonchev–Trinajstić information content (AvgIpc) is 2.98. The summed E-state index contributed by atoms with van der Waals surface area (Å²) in [5, 5.41) is 2.81. The number of anilines is 1. The minimum atomic E-state index is -0.940. The van der Waals surface area contributed by atoms with Gasteiger partial charge in [0.15, 0.2) is 0 Å². The van der Waals surface area contributed by atoms with Crippen LogP contribution in [0.25, 0.3) is 0 Å². The maximum atomic E-state index is 13.2. The van der Waals surface area contributed by atoms with Gasteiger partial charge in [-0.25, -0.2) is 0 Å². The van der Waals surface area contributed by atoms with Crippen molar-refractivity contribution in [3.8, 4) is 11.5 Å². The lowest BCUT2D eigenvalue weighted by molar-refractivity contribution is -0.121. The molecular weight excluding hydrogens is 372 g/mol. The number of amides is 3. The van der Waals surface area contributed by atoms with Gasteiger partial charge >= 0.3 is 0 Å². The quantitative estimate of drug-likeness (QED) is 0.726. The molecule has 3 rings (SSSR count). The van der Waals surface area contributed by atoms with E-state index in [4.69, 9.17) is 9.47 Å². The van der Waals surface area contributed by atoms with Crippen molar-refractivity contribution in [2.45, 2.75) is 26.3 Å². The van der Waals surface area contributed by atoms with E-state index in [0.717, 1.165) is 4.90 Å². The Hall–Kier alpha value is -3.35. The van der Waals surface area contributed by atoms with Crippen molar-refractivity contribution in [1.29, 1.82) is 0 Å². The van der Waals surface area contributed by atoms with Gasteiger partial charge in [0, 0.05) is 23.9 Å². The number of nitrogens with zero attached hydrogens (tertiary/aromatic N) is 1. The first-order chi connectivity index (χ1) is 13.9. The third-order valence-electron chi connectivity index (χ3n) is 5.17. The number of benzene rings is 2. The Morgan fingerprint density at radius 3 is 1.97 bits per heavy atom. The Morgan fingerprint density at radius 2 is 1.52 bits per heavy atom. The van der Waals surface area contributed by atoms with Gasteiger partial charge in [-0.05, 0) is 18.1 Å². The second-order valence-corrected chi connectivity index (χ2v) is 6.95. The van der Waals surface area contributed by atoms with Crippen LogP contribution in [0.4, 0.5) is 5.69 Å². The lowest BCUT2D eigenvalue weighted by atomic mass is 9.96. The second kappa shape index (κ2) is 8.34. The van der Waals surface area contributed by atoms with E-state index in [-0.39, 0.29) is 5.92 Å². The average molecular weight is 396 g/mol. The van der Waals surface area contributed by atoms with Gasteiger partial charge in [-0.3, -0.25) is 19.3 Å². The molecular formula is C22H24N2O5. The van der Waals surface area contributed by atoms with Gasteiger partial charge in [-0.1, -0.05) is 32.4 Å². The Kier molecular flexibility index (Phi) is 5.87. The molecule has 2 atom stereocenters. The molecule has 1 aliphatic heterocycles. The minimum absolute atomic E-state index is 0.232. The summed E-state index contributed by atoms with van der Waals surface area (Å²) in [5.41, 5.74) is 1.10. The molecule has 7 nitrogen and oxygen atoms in total. The Bertz CT molecular complexity index is 899. The molecule has 2 aromatic rings.